The van der Waals surface area contributed by atoms with Gasteiger partial charge in [0.15, 0.2) is 0 Å². The molecular weight excluding hydrogens is 326 g/mol. The van der Waals surface area contributed by atoms with E-state index >= 15 is 0 Å². The van der Waals surface area contributed by atoms with Crippen molar-refractivity contribution in [3.8, 4) is 0 Å². The Morgan fingerprint density at radius 3 is 2.62 bits per heavy atom. The summed E-state index contributed by atoms with van der Waals surface area (Å²) < 4.78 is 5.48. The van der Waals surface area contributed by atoms with E-state index in [-0.39, 0.29) is 5.91 Å². The van der Waals surface area contributed by atoms with Crippen molar-refractivity contribution in [1.82, 2.24) is 14.8 Å². The van der Waals surface area contributed by atoms with Gasteiger partial charge in [0.25, 0.3) is 5.91 Å². The van der Waals surface area contributed by atoms with Crippen LogP contribution in [0.15, 0.2) is 43.2 Å². The summed E-state index contributed by atoms with van der Waals surface area (Å²) in [6, 6.07) is 7.82. The van der Waals surface area contributed by atoms with Gasteiger partial charge in [0, 0.05) is 31.6 Å². The van der Waals surface area contributed by atoms with E-state index in [0.29, 0.717) is 17.0 Å². The Bertz CT molecular complexity index is 865. The van der Waals surface area contributed by atoms with E-state index in [1.807, 2.05) is 49.1 Å². The van der Waals surface area contributed by atoms with Crippen LogP contribution >= 0.6 is 0 Å². The lowest BCUT2D eigenvalue weighted by Gasteiger charge is -2.32. The van der Waals surface area contributed by atoms with Crippen LogP contribution in [0.2, 0.25) is 0 Å². The largest absolute Gasteiger partial charge is 0.464 e. The summed E-state index contributed by atoms with van der Waals surface area (Å²) >= 11 is 0. The third-order valence-corrected chi connectivity index (χ3v) is 4.71. The van der Waals surface area contributed by atoms with Gasteiger partial charge in [-0.2, -0.15) is 0 Å². The molecule has 1 aromatic heterocycles. The molecule has 0 aliphatic carbocycles. The van der Waals surface area contributed by atoms with E-state index < -0.39 is 0 Å². The van der Waals surface area contributed by atoms with Crippen LogP contribution in [-0.4, -0.2) is 53.9 Å². The fourth-order valence-corrected chi connectivity index (χ4v) is 3.19. The zero-order valence-corrected chi connectivity index (χ0v) is 15.7. The number of pyridine rings is 1. The van der Waals surface area contributed by atoms with Gasteiger partial charge in [-0.3, -0.25) is 4.79 Å². The minimum absolute atomic E-state index is 0.0476. The molecule has 0 atom stereocenters. The highest BCUT2D eigenvalue weighted by Crippen LogP contribution is 2.25. The second kappa shape index (κ2) is 7.70. The molecule has 2 heterocycles. The van der Waals surface area contributed by atoms with Crippen molar-refractivity contribution in [1.29, 1.82) is 0 Å². The number of fused-ring (bicyclic) bond motifs is 1. The quantitative estimate of drug-likeness (QED) is 0.792. The average Bonchev–Trinajstić information content (AvgIpc) is 2.65. The smallest absolute Gasteiger partial charge is 0.254 e. The summed E-state index contributed by atoms with van der Waals surface area (Å²) in [5.74, 6) is 0.640. The summed E-state index contributed by atoms with van der Waals surface area (Å²) in [5.41, 5.74) is 3.21. The number of aromatic nitrogens is 1. The SMILES string of the molecule is C=CO/C(=C\C)c1cc(C(=O)N2CCN(C)CC2)c2cc(C)ccc2n1. The molecule has 1 fully saturated rings. The summed E-state index contributed by atoms with van der Waals surface area (Å²) in [4.78, 5) is 22.1. The molecule has 1 saturated heterocycles. The van der Waals surface area contributed by atoms with E-state index in [2.05, 4.69) is 23.5 Å². The fourth-order valence-electron chi connectivity index (χ4n) is 3.19. The molecule has 2 aromatic rings. The standard InChI is InChI=1S/C21H25N3O2/c1-5-20(26-6-2)19-14-17(16-13-15(3)7-8-18(16)22-19)21(25)24-11-9-23(4)10-12-24/h5-8,13-14H,2,9-12H2,1,3-4H3/b20-5-. The molecule has 0 radical (unpaired) electrons. The van der Waals surface area contributed by atoms with Gasteiger partial charge in [-0.05, 0) is 45.2 Å². The van der Waals surface area contributed by atoms with Gasteiger partial charge in [-0.25, -0.2) is 4.98 Å². The molecule has 5 nitrogen and oxygen atoms in total. The van der Waals surface area contributed by atoms with Gasteiger partial charge >= 0.3 is 0 Å². The highest BCUT2D eigenvalue weighted by molar-refractivity contribution is 6.07. The number of hydrogen-bond donors (Lipinski definition) is 0. The molecule has 1 aromatic carbocycles. The van der Waals surface area contributed by atoms with Crippen molar-refractivity contribution in [2.24, 2.45) is 0 Å². The second-order valence-corrected chi connectivity index (χ2v) is 6.61. The Labute approximate surface area is 154 Å². The molecule has 136 valence electrons. The first kappa shape index (κ1) is 18.1. The van der Waals surface area contributed by atoms with Crippen LogP contribution in [0.3, 0.4) is 0 Å². The molecule has 3 rings (SSSR count). The van der Waals surface area contributed by atoms with Gasteiger partial charge in [0.05, 0.1) is 17.3 Å². The maximum Gasteiger partial charge on any atom is 0.254 e. The predicted octanol–water partition coefficient (Wildman–Crippen LogP) is 3.45. The topological polar surface area (TPSA) is 45.7 Å². The minimum Gasteiger partial charge on any atom is -0.464 e. The maximum atomic E-state index is 13.3. The van der Waals surface area contributed by atoms with Gasteiger partial charge in [0.2, 0.25) is 0 Å². The number of hydrogen-bond acceptors (Lipinski definition) is 4. The van der Waals surface area contributed by atoms with Crippen LogP contribution in [-0.2, 0) is 4.74 Å². The summed E-state index contributed by atoms with van der Waals surface area (Å²) in [5, 5.41) is 0.881. The van der Waals surface area contributed by atoms with Crippen molar-refractivity contribution in [2.45, 2.75) is 13.8 Å². The number of aryl methyl sites for hydroxylation is 1. The van der Waals surface area contributed by atoms with Crippen molar-refractivity contribution < 1.29 is 9.53 Å². The molecule has 26 heavy (non-hydrogen) atoms. The fraction of sp³-hybridized carbons (Fsp3) is 0.333. The number of carbonyl (C=O) groups excluding carboxylic acids is 1. The zero-order chi connectivity index (χ0) is 18.7. The van der Waals surface area contributed by atoms with Crippen LogP contribution in [0.4, 0.5) is 0 Å². The Morgan fingerprint density at radius 1 is 1.23 bits per heavy atom. The number of rotatable bonds is 4. The molecule has 5 heteroatoms. The second-order valence-electron chi connectivity index (χ2n) is 6.61. The predicted molar refractivity (Wildman–Crippen MR) is 105 cm³/mol. The Kier molecular flexibility index (Phi) is 5.38. The lowest BCUT2D eigenvalue weighted by molar-refractivity contribution is 0.0666. The number of benzene rings is 1. The highest BCUT2D eigenvalue weighted by atomic mass is 16.5. The molecule has 0 spiro atoms. The van der Waals surface area contributed by atoms with Crippen LogP contribution in [0, 0.1) is 6.92 Å². The van der Waals surface area contributed by atoms with E-state index in [9.17, 15) is 4.79 Å². The maximum absolute atomic E-state index is 13.3. The molecule has 0 saturated carbocycles. The van der Waals surface area contributed by atoms with Gasteiger partial charge in [-0.1, -0.05) is 18.2 Å². The average molecular weight is 351 g/mol. The van der Waals surface area contributed by atoms with Gasteiger partial charge < -0.3 is 14.5 Å². The summed E-state index contributed by atoms with van der Waals surface area (Å²) in [6.07, 6.45) is 3.20. The number of carbonyl (C=O) groups is 1. The molecule has 1 aliphatic rings. The van der Waals surface area contributed by atoms with Crippen LogP contribution < -0.4 is 0 Å². The van der Waals surface area contributed by atoms with E-state index in [4.69, 9.17) is 4.74 Å². The van der Waals surface area contributed by atoms with Gasteiger partial charge in [0.1, 0.15) is 11.5 Å². The van der Waals surface area contributed by atoms with Crippen LogP contribution in [0.1, 0.15) is 28.5 Å². The summed E-state index contributed by atoms with van der Waals surface area (Å²) in [6.45, 7) is 10.8. The normalized spacial score (nSPS) is 16.0. The molecule has 1 amide bonds. The van der Waals surface area contributed by atoms with Gasteiger partial charge in [-0.15, -0.1) is 0 Å². The summed E-state index contributed by atoms with van der Waals surface area (Å²) in [7, 11) is 2.08. The van der Waals surface area contributed by atoms with E-state index in [1.165, 1.54) is 6.26 Å². The number of allylic oxidation sites excluding steroid dienone is 1. The lowest BCUT2D eigenvalue weighted by atomic mass is 10.0. The highest BCUT2D eigenvalue weighted by Gasteiger charge is 2.23. The van der Waals surface area contributed by atoms with Crippen LogP contribution in [0.5, 0.6) is 0 Å². The monoisotopic (exact) mass is 351 g/mol. The first-order chi connectivity index (χ1) is 12.5. The molecule has 0 N–H and O–H groups in total. The number of ether oxygens (including phenoxy) is 1. The first-order valence-corrected chi connectivity index (χ1v) is 8.87. The number of piperazine rings is 1. The molecule has 0 bridgehead atoms. The molecular formula is C21H25N3O2. The Balaban J connectivity index is 2.10. The van der Waals surface area contributed by atoms with Crippen molar-refractivity contribution in [3.63, 3.8) is 0 Å². The number of likely N-dealkylation sites (N-methyl/N-ethyl adjacent to an activating group) is 1. The molecule has 0 unspecified atom stereocenters. The first-order valence-electron chi connectivity index (χ1n) is 8.87. The Hall–Kier alpha value is -2.66. The third-order valence-electron chi connectivity index (χ3n) is 4.71. The van der Waals surface area contributed by atoms with Crippen molar-refractivity contribution >= 4 is 22.6 Å². The van der Waals surface area contributed by atoms with E-state index in [1.54, 1.807) is 0 Å². The number of amides is 1. The van der Waals surface area contributed by atoms with Crippen LogP contribution in [0.25, 0.3) is 16.7 Å². The Morgan fingerprint density at radius 2 is 1.96 bits per heavy atom. The number of nitrogens with zero attached hydrogens (tertiary/aromatic N) is 3. The molecule has 1 aliphatic heterocycles. The third kappa shape index (κ3) is 3.63. The van der Waals surface area contributed by atoms with E-state index in [0.717, 1.165) is 42.6 Å². The zero-order valence-electron chi connectivity index (χ0n) is 15.7. The minimum atomic E-state index is 0.0476. The van der Waals surface area contributed by atoms with Crippen molar-refractivity contribution in [3.05, 3.63) is 60.0 Å². The van der Waals surface area contributed by atoms with Crippen molar-refractivity contribution in [2.75, 3.05) is 33.2 Å². The lowest BCUT2D eigenvalue weighted by Crippen LogP contribution is -2.47.